The third-order valence-electron chi connectivity index (χ3n) is 5.28. The van der Waals surface area contributed by atoms with Crippen LogP contribution in [0.1, 0.15) is 21.7 Å². The smallest absolute Gasteiger partial charge is 0.341 e. The number of fused-ring (bicyclic) bond motifs is 2. The van der Waals surface area contributed by atoms with Crippen molar-refractivity contribution < 1.29 is 19.0 Å². The lowest BCUT2D eigenvalue weighted by atomic mass is 9.94. The molecule has 2 aromatic carbocycles. The van der Waals surface area contributed by atoms with E-state index < -0.39 is 5.97 Å². The number of nitrogens with zero attached hydrogens (tertiary/aromatic N) is 3. The predicted octanol–water partition coefficient (Wildman–Crippen LogP) is 4.08. The van der Waals surface area contributed by atoms with Crippen LogP contribution in [0.3, 0.4) is 0 Å². The molecule has 0 fully saturated rings. The zero-order valence-electron chi connectivity index (χ0n) is 16.8. The summed E-state index contributed by atoms with van der Waals surface area (Å²) >= 11 is 0. The first-order chi connectivity index (χ1) is 14.6. The number of hydrogen-bond donors (Lipinski definition) is 0. The number of hydrogen-bond acceptors (Lipinski definition) is 6. The quantitative estimate of drug-likeness (QED) is 0.480. The number of aromatic nitrogens is 3. The molecule has 3 heterocycles. The molecule has 1 aliphatic rings. The highest BCUT2D eigenvalue weighted by Crippen LogP contribution is 2.45. The van der Waals surface area contributed by atoms with E-state index in [0.29, 0.717) is 34.0 Å². The minimum absolute atomic E-state index is 0.127. The molecular weight excluding hydrogens is 382 g/mol. The maximum Gasteiger partial charge on any atom is 0.341 e. The molecule has 0 unspecified atom stereocenters. The zero-order chi connectivity index (χ0) is 20.8. The van der Waals surface area contributed by atoms with Gasteiger partial charge >= 0.3 is 5.97 Å². The number of ether oxygens (including phenoxy) is 3. The third kappa shape index (κ3) is 2.55. The second kappa shape index (κ2) is 6.88. The Kier molecular flexibility index (Phi) is 4.17. The predicted molar refractivity (Wildman–Crippen MR) is 111 cm³/mol. The Morgan fingerprint density at radius 1 is 1.00 bits per heavy atom. The van der Waals surface area contributed by atoms with Crippen molar-refractivity contribution in [2.75, 3.05) is 14.2 Å². The lowest BCUT2D eigenvalue weighted by molar-refractivity contribution is 0.0534. The molecule has 0 bridgehead atoms. The van der Waals surface area contributed by atoms with Crippen LogP contribution in [0.4, 0.5) is 0 Å². The third-order valence-corrected chi connectivity index (χ3v) is 5.28. The Labute approximate surface area is 172 Å². The summed E-state index contributed by atoms with van der Waals surface area (Å²) in [6.07, 6.45) is 0. The van der Waals surface area contributed by atoms with Crippen LogP contribution in [0.5, 0.6) is 11.5 Å². The first-order valence-electron chi connectivity index (χ1n) is 9.50. The summed E-state index contributed by atoms with van der Waals surface area (Å²) in [4.78, 5) is 17.5. The van der Waals surface area contributed by atoms with Gasteiger partial charge in [-0.3, -0.25) is 0 Å². The number of aryl methyl sites for hydroxylation is 1. The molecule has 1 aliphatic heterocycles. The van der Waals surface area contributed by atoms with Crippen molar-refractivity contribution in [2.24, 2.45) is 0 Å². The molecule has 0 spiro atoms. The molecule has 30 heavy (non-hydrogen) atoms. The van der Waals surface area contributed by atoms with Gasteiger partial charge in [-0.25, -0.2) is 14.5 Å². The Balaban J connectivity index is 1.93. The topological polar surface area (TPSA) is 75.5 Å². The van der Waals surface area contributed by atoms with Crippen LogP contribution in [-0.2, 0) is 11.3 Å². The van der Waals surface area contributed by atoms with Crippen LogP contribution in [0, 0.1) is 6.92 Å². The van der Waals surface area contributed by atoms with Crippen LogP contribution >= 0.6 is 0 Å². The summed E-state index contributed by atoms with van der Waals surface area (Å²) in [6, 6.07) is 15.4. The van der Waals surface area contributed by atoms with Crippen LogP contribution in [-0.4, -0.2) is 35.0 Å². The number of carbonyl (C=O) groups excluding carboxylic acids is 1. The van der Waals surface area contributed by atoms with Gasteiger partial charge in [0.25, 0.3) is 0 Å². The fourth-order valence-electron chi connectivity index (χ4n) is 4.00. The van der Waals surface area contributed by atoms with Crippen LogP contribution in [0.25, 0.3) is 27.8 Å². The Morgan fingerprint density at radius 3 is 2.53 bits per heavy atom. The fourth-order valence-corrected chi connectivity index (χ4v) is 4.00. The minimum Gasteiger partial charge on any atom is -0.493 e. The number of pyridine rings is 1. The molecule has 7 heteroatoms. The largest absolute Gasteiger partial charge is 0.493 e. The highest BCUT2D eigenvalue weighted by Gasteiger charge is 2.33. The molecule has 5 rings (SSSR count). The van der Waals surface area contributed by atoms with Crippen LogP contribution in [0.15, 0.2) is 48.5 Å². The second-order valence-corrected chi connectivity index (χ2v) is 6.96. The average Bonchev–Trinajstić information content (AvgIpc) is 3.32. The Bertz CT molecular complexity index is 1300. The van der Waals surface area contributed by atoms with E-state index in [-0.39, 0.29) is 6.61 Å². The first kappa shape index (κ1) is 18.2. The van der Waals surface area contributed by atoms with Crippen molar-refractivity contribution in [3.63, 3.8) is 0 Å². The lowest BCUT2D eigenvalue weighted by Gasteiger charge is -2.15. The molecular formula is C23H19N3O4. The molecule has 0 radical (unpaired) electrons. The number of methoxy groups -OCH3 is 2. The van der Waals surface area contributed by atoms with Crippen molar-refractivity contribution in [1.29, 1.82) is 0 Å². The number of rotatable bonds is 4. The molecule has 0 atom stereocenters. The van der Waals surface area contributed by atoms with E-state index in [1.54, 1.807) is 18.9 Å². The maximum atomic E-state index is 12.7. The van der Waals surface area contributed by atoms with Gasteiger partial charge in [0.05, 0.1) is 42.2 Å². The molecule has 0 N–H and O–H groups in total. The van der Waals surface area contributed by atoms with E-state index in [2.05, 4.69) is 0 Å². The van der Waals surface area contributed by atoms with Gasteiger partial charge in [0.1, 0.15) is 6.61 Å². The summed E-state index contributed by atoms with van der Waals surface area (Å²) in [6.45, 7) is 2.04. The number of carbonyl (C=O) groups is 1. The molecule has 4 aromatic rings. The van der Waals surface area contributed by atoms with Crippen molar-refractivity contribution in [2.45, 2.75) is 13.5 Å². The fraction of sp³-hybridized carbons (Fsp3) is 0.174. The lowest BCUT2D eigenvalue weighted by Crippen LogP contribution is -2.04. The Hall–Kier alpha value is -3.87. The van der Waals surface area contributed by atoms with Crippen LogP contribution in [0.2, 0.25) is 0 Å². The van der Waals surface area contributed by atoms with Gasteiger partial charge in [0.2, 0.25) is 0 Å². The van der Waals surface area contributed by atoms with E-state index in [1.807, 2.05) is 55.5 Å². The summed E-state index contributed by atoms with van der Waals surface area (Å²) in [5.41, 5.74) is 4.77. The molecule has 0 saturated heterocycles. The standard InChI is InChI=1S/C23H19N3O4/c1-13-18-19(15-10-7-11-17(28-2)21(15)29-3)20-16(12-30-23(20)27)24-22(18)26(25-13)14-8-5-4-6-9-14/h4-11H,12H2,1-3H3. The Morgan fingerprint density at radius 2 is 1.80 bits per heavy atom. The average molecular weight is 401 g/mol. The first-order valence-corrected chi connectivity index (χ1v) is 9.50. The maximum absolute atomic E-state index is 12.7. The van der Waals surface area contributed by atoms with Crippen molar-refractivity contribution in [1.82, 2.24) is 14.8 Å². The zero-order valence-corrected chi connectivity index (χ0v) is 16.8. The summed E-state index contributed by atoms with van der Waals surface area (Å²) in [5.74, 6) is 0.723. The van der Waals surface area contributed by atoms with E-state index in [1.165, 1.54) is 0 Å². The molecule has 7 nitrogen and oxygen atoms in total. The highest BCUT2D eigenvalue weighted by molar-refractivity contribution is 6.10. The molecule has 150 valence electrons. The minimum atomic E-state index is -0.397. The molecule has 2 aromatic heterocycles. The summed E-state index contributed by atoms with van der Waals surface area (Å²) < 4.78 is 18.3. The van der Waals surface area contributed by atoms with Gasteiger partial charge < -0.3 is 14.2 Å². The molecule has 0 amide bonds. The van der Waals surface area contributed by atoms with Crippen molar-refractivity contribution in [3.8, 4) is 28.3 Å². The highest BCUT2D eigenvalue weighted by atomic mass is 16.5. The van der Waals surface area contributed by atoms with E-state index in [0.717, 1.165) is 22.3 Å². The SMILES string of the molecule is COc1cccc(-c2c3c(nc4c2c(C)nn4-c2ccccc2)COC3=O)c1OC. The summed E-state index contributed by atoms with van der Waals surface area (Å²) in [7, 11) is 3.17. The van der Waals surface area contributed by atoms with Gasteiger partial charge in [0.15, 0.2) is 17.1 Å². The number of esters is 1. The number of benzene rings is 2. The number of cyclic esters (lactones) is 1. The van der Waals surface area contributed by atoms with Gasteiger partial charge in [-0.15, -0.1) is 0 Å². The number of para-hydroxylation sites is 2. The molecule has 0 aliphatic carbocycles. The monoisotopic (exact) mass is 401 g/mol. The van der Waals surface area contributed by atoms with Crippen LogP contribution < -0.4 is 9.47 Å². The summed E-state index contributed by atoms with van der Waals surface area (Å²) in [5, 5.41) is 5.52. The van der Waals surface area contributed by atoms with E-state index in [4.69, 9.17) is 24.3 Å². The van der Waals surface area contributed by atoms with Crippen molar-refractivity contribution in [3.05, 3.63) is 65.5 Å². The normalized spacial score (nSPS) is 12.7. The van der Waals surface area contributed by atoms with Gasteiger partial charge in [-0.2, -0.15) is 5.10 Å². The van der Waals surface area contributed by atoms with Gasteiger partial charge in [0, 0.05) is 11.1 Å². The van der Waals surface area contributed by atoms with E-state index >= 15 is 0 Å². The van der Waals surface area contributed by atoms with Crippen molar-refractivity contribution >= 4 is 17.0 Å². The molecule has 0 saturated carbocycles. The van der Waals surface area contributed by atoms with Gasteiger partial charge in [-0.1, -0.05) is 30.3 Å². The van der Waals surface area contributed by atoms with E-state index in [9.17, 15) is 4.79 Å². The van der Waals surface area contributed by atoms with Gasteiger partial charge in [-0.05, 0) is 25.1 Å². The second-order valence-electron chi connectivity index (χ2n) is 6.96.